The quantitative estimate of drug-likeness (QED) is 0.323. The number of para-hydroxylation sites is 1. The molecule has 2 N–H and O–H groups in total. The van der Waals surface area contributed by atoms with E-state index < -0.39 is 0 Å². The topological polar surface area (TPSA) is 76.7 Å². The van der Waals surface area contributed by atoms with Crippen molar-refractivity contribution in [3.8, 4) is 11.5 Å². The summed E-state index contributed by atoms with van der Waals surface area (Å²) in [4.78, 5) is 26.8. The van der Waals surface area contributed by atoms with E-state index in [1.165, 1.54) is 18.9 Å². The predicted octanol–water partition coefficient (Wildman–Crippen LogP) is 6.34. The fraction of sp³-hybridized carbons (Fsp3) is 0.286. The van der Waals surface area contributed by atoms with Crippen LogP contribution in [0.25, 0.3) is 0 Å². The molecule has 0 saturated carbocycles. The van der Waals surface area contributed by atoms with E-state index in [1.807, 2.05) is 56.3 Å². The summed E-state index contributed by atoms with van der Waals surface area (Å²) >= 11 is 1.48. The van der Waals surface area contributed by atoms with Crippen molar-refractivity contribution in [2.45, 2.75) is 43.8 Å². The SMILES string of the molecule is CCc1cccc(C)c1NC(=O)C(CC)Sc1cccc(NC(=O)c2ccc(OC)c(OC)c2)c1. The molecular weight excluding hydrogens is 460 g/mol. The molecule has 3 rings (SSSR count). The maximum absolute atomic E-state index is 13.1. The smallest absolute Gasteiger partial charge is 0.255 e. The van der Waals surface area contributed by atoms with E-state index in [-0.39, 0.29) is 17.1 Å². The van der Waals surface area contributed by atoms with Crippen molar-refractivity contribution >= 4 is 35.0 Å². The zero-order valence-corrected chi connectivity index (χ0v) is 21.6. The molecule has 3 aromatic carbocycles. The van der Waals surface area contributed by atoms with E-state index in [4.69, 9.17) is 9.47 Å². The van der Waals surface area contributed by atoms with Gasteiger partial charge >= 0.3 is 0 Å². The Balaban J connectivity index is 1.71. The number of amides is 2. The van der Waals surface area contributed by atoms with Crippen molar-refractivity contribution in [1.82, 2.24) is 0 Å². The molecule has 3 aromatic rings. The second-order valence-corrected chi connectivity index (χ2v) is 9.29. The maximum atomic E-state index is 13.1. The van der Waals surface area contributed by atoms with Gasteiger partial charge < -0.3 is 20.1 Å². The Morgan fingerprint density at radius 3 is 2.34 bits per heavy atom. The summed E-state index contributed by atoms with van der Waals surface area (Å²) in [5, 5.41) is 5.79. The lowest BCUT2D eigenvalue weighted by atomic mass is 10.1. The lowest BCUT2D eigenvalue weighted by Gasteiger charge is -2.18. The highest BCUT2D eigenvalue weighted by molar-refractivity contribution is 8.00. The van der Waals surface area contributed by atoms with Gasteiger partial charge in [-0.15, -0.1) is 11.8 Å². The van der Waals surface area contributed by atoms with Crippen LogP contribution in [0.3, 0.4) is 0 Å². The normalized spacial score (nSPS) is 11.5. The maximum Gasteiger partial charge on any atom is 0.255 e. The average Bonchev–Trinajstić information content (AvgIpc) is 2.88. The molecule has 0 heterocycles. The van der Waals surface area contributed by atoms with Crippen LogP contribution < -0.4 is 20.1 Å². The van der Waals surface area contributed by atoms with Gasteiger partial charge in [0, 0.05) is 21.8 Å². The number of anilines is 2. The highest BCUT2D eigenvalue weighted by Gasteiger charge is 2.20. The van der Waals surface area contributed by atoms with Crippen molar-refractivity contribution in [2.24, 2.45) is 0 Å². The predicted molar refractivity (Wildman–Crippen MR) is 143 cm³/mol. The number of rotatable bonds is 10. The molecule has 0 spiro atoms. The van der Waals surface area contributed by atoms with E-state index in [2.05, 4.69) is 17.6 Å². The van der Waals surface area contributed by atoms with Gasteiger partial charge in [-0.2, -0.15) is 0 Å². The van der Waals surface area contributed by atoms with Gasteiger partial charge in [0.15, 0.2) is 11.5 Å². The Hall–Kier alpha value is -3.45. The van der Waals surface area contributed by atoms with Crippen LogP contribution in [0, 0.1) is 6.92 Å². The minimum absolute atomic E-state index is 0.0266. The van der Waals surface area contributed by atoms with Crippen LogP contribution in [0.5, 0.6) is 11.5 Å². The Morgan fingerprint density at radius 2 is 1.66 bits per heavy atom. The van der Waals surface area contributed by atoms with Gasteiger partial charge in [0.2, 0.25) is 5.91 Å². The van der Waals surface area contributed by atoms with Crippen molar-refractivity contribution in [2.75, 3.05) is 24.9 Å². The number of nitrogens with one attached hydrogen (secondary N) is 2. The number of benzene rings is 3. The van der Waals surface area contributed by atoms with E-state index in [0.717, 1.165) is 28.1 Å². The molecule has 35 heavy (non-hydrogen) atoms. The molecule has 184 valence electrons. The van der Waals surface area contributed by atoms with E-state index in [1.54, 1.807) is 25.3 Å². The third-order valence-corrected chi connectivity index (χ3v) is 7.03. The Kier molecular flexibility index (Phi) is 9.20. The van der Waals surface area contributed by atoms with Crippen molar-refractivity contribution < 1.29 is 19.1 Å². The fourth-order valence-corrected chi connectivity index (χ4v) is 4.73. The molecule has 6 nitrogen and oxygen atoms in total. The van der Waals surface area contributed by atoms with Gasteiger partial charge in [-0.05, 0) is 67.3 Å². The molecule has 7 heteroatoms. The minimum Gasteiger partial charge on any atom is -0.493 e. The zero-order chi connectivity index (χ0) is 25.4. The number of thioether (sulfide) groups is 1. The number of carbonyl (C=O) groups excluding carboxylic acids is 2. The van der Waals surface area contributed by atoms with Crippen LogP contribution in [0.1, 0.15) is 41.8 Å². The third kappa shape index (κ3) is 6.57. The first-order valence-corrected chi connectivity index (χ1v) is 12.5. The monoisotopic (exact) mass is 492 g/mol. The Labute approximate surface area is 211 Å². The largest absolute Gasteiger partial charge is 0.493 e. The summed E-state index contributed by atoms with van der Waals surface area (Å²) in [5.41, 5.74) is 4.18. The van der Waals surface area contributed by atoms with Gasteiger partial charge in [0.05, 0.1) is 19.5 Å². The van der Waals surface area contributed by atoms with Gasteiger partial charge in [-0.1, -0.05) is 38.1 Å². The van der Waals surface area contributed by atoms with E-state index in [0.29, 0.717) is 29.2 Å². The molecule has 0 saturated heterocycles. The first kappa shape index (κ1) is 26.2. The van der Waals surface area contributed by atoms with Crippen LogP contribution in [-0.2, 0) is 11.2 Å². The molecule has 0 radical (unpaired) electrons. The number of aryl methyl sites for hydroxylation is 2. The summed E-state index contributed by atoms with van der Waals surface area (Å²) in [7, 11) is 3.08. The standard InChI is InChI=1S/C28H32N2O4S/c1-6-19-11-8-10-18(3)26(19)30-28(32)25(7-2)35-22-13-9-12-21(17-22)29-27(31)20-14-15-23(33-4)24(16-20)34-5/h8-17,25H,6-7H2,1-5H3,(H,29,31)(H,30,32). The number of hydrogen-bond donors (Lipinski definition) is 2. The first-order chi connectivity index (χ1) is 16.9. The first-order valence-electron chi connectivity index (χ1n) is 11.6. The molecular formula is C28H32N2O4S. The van der Waals surface area contributed by atoms with Crippen LogP contribution in [-0.4, -0.2) is 31.3 Å². The molecule has 0 aliphatic carbocycles. The zero-order valence-electron chi connectivity index (χ0n) is 20.8. The lowest BCUT2D eigenvalue weighted by Crippen LogP contribution is -2.25. The highest BCUT2D eigenvalue weighted by atomic mass is 32.2. The number of ether oxygens (including phenoxy) is 2. The van der Waals surface area contributed by atoms with Crippen LogP contribution in [0.2, 0.25) is 0 Å². The van der Waals surface area contributed by atoms with Gasteiger partial charge in [-0.25, -0.2) is 0 Å². The molecule has 2 amide bonds. The van der Waals surface area contributed by atoms with Crippen molar-refractivity contribution in [3.63, 3.8) is 0 Å². The lowest BCUT2D eigenvalue weighted by molar-refractivity contribution is -0.115. The summed E-state index contributed by atoms with van der Waals surface area (Å²) in [5.74, 6) is 0.759. The molecule has 0 bridgehead atoms. The van der Waals surface area contributed by atoms with E-state index >= 15 is 0 Å². The van der Waals surface area contributed by atoms with Gasteiger partial charge in [0.25, 0.3) is 5.91 Å². The Bertz CT molecular complexity index is 1200. The van der Waals surface area contributed by atoms with Crippen LogP contribution >= 0.6 is 11.8 Å². The van der Waals surface area contributed by atoms with Crippen molar-refractivity contribution in [3.05, 3.63) is 77.4 Å². The molecule has 0 fully saturated rings. The minimum atomic E-state index is -0.267. The molecule has 1 unspecified atom stereocenters. The van der Waals surface area contributed by atoms with E-state index in [9.17, 15) is 9.59 Å². The average molecular weight is 493 g/mol. The number of hydrogen-bond acceptors (Lipinski definition) is 5. The molecule has 1 atom stereocenters. The second kappa shape index (κ2) is 12.3. The third-order valence-electron chi connectivity index (χ3n) is 5.67. The number of methoxy groups -OCH3 is 2. The Morgan fingerprint density at radius 1 is 0.914 bits per heavy atom. The second-order valence-electron chi connectivity index (χ2n) is 8.02. The highest BCUT2D eigenvalue weighted by Crippen LogP contribution is 2.31. The van der Waals surface area contributed by atoms with Crippen LogP contribution in [0.15, 0.2) is 65.6 Å². The molecule has 0 aromatic heterocycles. The van der Waals surface area contributed by atoms with Gasteiger partial charge in [-0.3, -0.25) is 9.59 Å². The summed E-state index contributed by atoms with van der Waals surface area (Å²) in [6, 6.07) is 18.6. The van der Waals surface area contributed by atoms with Crippen LogP contribution in [0.4, 0.5) is 11.4 Å². The molecule has 0 aliphatic heterocycles. The van der Waals surface area contributed by atoms with Crippen molar-refractivity contribution in [1.29, 1.82) is 0 Å². The fourth-order valence-electron chi connectivity index (χ4n) is 3.72. The summed E-state index contributed by atoms with van der Waals surface area (Å²) in [6.45, 7) is 6.09. The molecule has 0 aliphatic rings. The summed E-state index contributed by atoms with van der Waals surface area (Å²) in [6.07, 6.45) is 1.52. The number of carbonyl (C=O) groups is 2. The van der Waals surface area contributed by atoms with Gasteiger partial charge in [0.1, 0.15) is 0 Å². The summed E-state index contributed by atoms with van der Waals surface area (Å²) < 4.78 is 10.5.